The van der Waals surface area contributed by atoms with Crippen molar-refractivity contribution in [3.63, 3.8) is 0 Å². The average molecular weight is 342 g/mol. The van der Waals surface area contributed by atoms with Crippen molar-refractivity contribution in [2.24, 2.45) is 0 Å². The van der Waals surface area contributed by atoms with E-state index in [0.29, 0.717) is 12.4 Å². The first-order chi connectivity index (χ1) is 12.0. The number of carbonyl (C=O) groups is 3. The monoisotopic (exact) mass is 342 g/mol. The van der Waals surface area contributed by atoms with Crippen LogP contribution in [0.2, 0.25) is 0 Å². The minimum atomic E-state index is -1.39. The first-order valence-corrected chi connectivity index (χ1v) is 8.18. The van der Waals surface area contributed by atoms with E-state index in [1.165, 1.54) is 17.2 Å². The van der Waals surface area contributed by atoms with E-state index in [9.17, 15) is 14.4 Å². The molecule has 0 heterocycles. The van der Waals surface area contributed by atoms with Crippen LogP contribution in [0.4, 0.5) is 0 Å². The highest BCUT2D eigenvalue weighted by atomic mass is 16.5. The van der Waals surface area contributed by atoms with Crippen LogP contribution in [0.1, 0.15) is 54.3 Å². The number of fused-ring (bicyclic) bond motifs is 1. The van der Waals surface area contributed by atoms with Crippen LogP contribution in [-0.4, -0.2) is 30.7 Å². The highest BCUT2D eigenvalue weighted by molar-refractivity contribution is 6.30. The van der Waals surface area contributed by atoms with E-state index < -0.39 is 17.7 Å². The zero-order chi connectivity index (χ0) is 18.4. The van der Waals surface area contributed by atoms with E-state index in [1.54, 1.807) is 12.1 Å². The van der Waals surface area contributed by atoms with Crippen LogP contribution in [-0.2, 0) is 9.53 Å². The summed E-state index contributed by atoms with van der Waals surface area (Å²) in [5.41, 5.74) is 2.90. The Kier molecular flexibility index (Phi) is 6.28. The molecule has 5 nitrogen and oxygen atoms in total. The molecular formula is C20H22O5. The lowest BCUT2D eigenvalue weighted by Gasteiger charge is -2.08. The summed E-state index contributed by atoms with van der Waals surface area (Å²) in [5.74, 6) is -0.709. The Bertz CT molecular complexity index is 738. The number of ketones is 2. The Hall–Kier alpha value is -2.69. The van der Waals surface area contributed by atoms with Gasteiger partial charge in [0.05, 0.1) is 5.56 Å². The molecule has 1 aliphatic rings. The minimum Gasteiger partial charge on any atom is -0.489 e. The van der Waals surface area contributed by atoms with Gasteiger partial charge in [0.15, 0.2) is 0 Å². The summed E-state index contributed by atoms with van der Waals surface area (Å²) in [4.78, 5) is 34.9. The predicted molar refractivity (Wildman–Crippen MR) is 94.0 cm³/mol. The SMILES string of the molecule is CC(C)=CCC/C(C)=C/COc1cccc2c1C(=O)C(OC=O)C2=O. The van der Waals surface area contributed by atoms with Gasteiger partial charge in [0.1, 0.15) is 12.4 Å². The van der Waals surface area contributed by atoms with Crippen molar-refractivity contribution in [3.05, 3.63) is 52.6 Å². The molecule has 0 saturated heterocycles. The van der Waals surface area contributed by atoms with Gasteiger partial charge in [-0.25, -0.2) is 0 Å². The van der Waals surface area contributed by atoms with Crippen molar-refractivity contribution in [2.75, 3.05) is 6.61 Å². The second-order valence-corrected chi connectivity index (χ2v) is 6.20. The molecule has 132 valence electrons. The lowest BCUT2D eigenvalue weighted by molar-refractivity contribution is -0.130. The number of carbonyl (C=O) groups excluding carboxylic acids is 3. The molecule has 0 aromatic heterocycles. The highest BCUT2D eigenvalue weighted by Gasteiger charge is 2.42. The van der Waals surface area contributed by atoms with Crippen molar-refractivity contribution in [1.29, 1.82) is 0 Å². The van der Waals surface area contributed by atoms with Gasteiger partial charge < -0.3 is 9.47 Å². The van der Waals surface area contributed by atoms with Crippen molar-refractivity contribution >= 4 is 18.0 Å². The zero-order valence-corrected chi connectivity index (χ0v) is 14.7. The summed E-state index contributed by atoms with van der Waals surface area (Å²) in [5, 5.41) is 0. The number of benzene rings is 1. The molecule has 0 fully saturated rings. The third kappa shape index (κ3) is 4.44. The summed E-state index contributed by atoms with van der Waals surface area (Å²) >= 11 is 0. The molecule has 5 heteroatoms. The van der Waals surface area contributed by atoms with Gasteiger partial charge in [0.2, 0.25) is 17.7 Å². The Morgan fingerprint density at radius 3 is 2.56 bits per heavy atom. The first kappa shape index (κ1) is 18.6. The van der Waals surface area contributed by atoms with Gasteiger partial charge in [-0.2, -0.15) is 0 Å². The van der Waals surface area contributed by atoms with E-state index in [-0.39, 0.29) is 17.6 Å². The molecule has 0 aliphatic heterocycles. The third-order valence-electron chi connectivity index (χ3n) is 3.97. The molecule has 1 atom stereocenters. The van der Waals surface area contributed by atoms with Crippen LogP contribution in [0.5, 0.6) is 5.75 Å². The molecule has 0 radical (unpaired) electrons. The Morgan fingerprint density at radius 2 is 1.88 bits per heavy atom. The number of hydrogen-bond acceptors (Lipinski definition) is 5. The predicted octanol–water partition coefficient (Wildman–Crippen LogP) is 3.68. The first-order valence-electron chi connectivity index (χ1n) is 8.18. The molecule has 1 aromatic carbocycles. The fraction of sp³-hybridized carbons (Fsp3) is 0.350. The van der Waals surface area contributed by atoms with Crippen molar-refractivity contribution in [1.82, 2.24) is 0 Å². The molecular weight excluding hydrogens is 320 g/mol. The Labute approximate surface area is 147 Å². The second-order valence-electron chi connectivity index (χ2n) is 6.20. The summed E-state index contributed by atoms with van der Waals surface area (Å²) < 4.78 is 10.3. The molecule has 0 bridgehead atoms. The number of rotatable bonds is 8. The fourth-order valence-corrected chi connectivity index (χ4v) is 2.65. The standard InChI is InChI=1S/C20H22O5/c1-13(2)6-4-7-14(3)10-11-24-16-9-5-8-15-17(16)19(23)20(18(15)22)25-12-21/h5-6,8-10,12,20H,4,7,11H2,1-3H3/b14-10+. The molecule has 1 aliphatic carbocycles. The van der Waals surface area contributed by atoms with E-state index in [2.05, 4.69) is 24.7 Å². The van der Waals surface area contributed by atoms with Crippen molar-refractivity contribution < 1.29 is 23.9 Å². The highest BCUT2D eigenvalue weighted by Crippen LogP contribution is 2.32. The van der Waals surface area contributed by atoms with E-state index in [0.717, 1.165) is 12.8 Å². The molecule has 0 N–H and O–H groups in total. The smallest absolute Gasteiger partial charge is 0.294 e. The number of ether oxygens (including phenoxy) is 2. The van der Waals surface area contributed by atoms with Crippen LogP contribution in [0.25, 0.3) is 0 Å². The lowest BCUT2D eigenvalue weighted by atomic mass is 10.1. The molecule has 0 amide bonds. The van der Waals surface area contributed by atoms with Crippen LogP contribution in [0.3, 0.4) is 0 Å². The lowest BCUT2D eigenvalue weighted by Crippen LogP contribution is -2.25. The normalized spacial score (nSPS) is 16.4. The molecule has 2 rings (SSSR count). The summed E-state index contributed by atoms with van der Waals surface area (Å²) in [6, 6.07) is 4.82. The Morgan fingerprint density at radius 1 is 1.12 bits per heavy atom. The number of hydrogen-bond donors (Lipinski definition) is 0. The summed E-state index contributed by atoms with van der Waals surface area (Å²) in [7, 11) is 0. The van der Waals surface area contributed by atoms with E-state index in [4.69, 9.17) is 4.74 Å². The van der Waals surface area contributed by atoms with E-state index >= 15 is 0 Å². The number of allylic oxidation sites excluding steroid dienone is 3. The maximum atomic E-state index is 12.3. The molecule has 0 saturated carbocycles. The fourth-order valence-electron chi connectivity index (χ4n) is 2.65. The van der Waals surface area contributed by atoms with Gasteiger partial charge >= 0.3 is 0 Å². The number of Topliss-reactive ketones (excluding diaryl/α,β-unsaturated/α-hetero) is 2. The van der Waals surface area contributed by atoms with Crippen LogP contribution in [0, 0.1) is 0 Å². The van der Waals surface area contributed by atoms with Gasteiger partial charge in [-0.3, -0.25) is 14.4 Å². The molecule has 1 unspecified atom stereocenters. The summed E-state index contributed by atoms with van der Waals surface area (Å²) in [6.07, 6.45) is 4.66. The van der Waals surface area contributed by atoms with Gasteiger partial charge in [0, 0.05) is 5.56 Å². The largest absolute Gasteiger partial charge is 0.489 e. The maximum Gasteiger partial charge on any atom is 0.294 e. The van der Waals surface area contributed by atoms with Gasteiger partial charge in [-0.1, -0.05) is 29.4 Å². The Balaban J connectivity index is 2.06. The average Bonchev–Trinajstić information content (AvgIpc) is 2.81. The third-order valence-corrected chi connectivity index (χ3v) is 3.97. The van der Waals surface area contributed by atoms with Gasteiger partial charge in [0.25, 0.3) is 6.47 Å². The summed E-state index contributed by atoms with van der Waals surface area (Å²) in [6.45, 7) is 6.58. The molecule has 25 heavy (non-hydrogen) atoms. The molecule has 1 aromatic rings. The van der Waals surface area contributed by atoms with E-state index in [1.807, 2.05) is 13.0 Å². The van der Waals surface area contributed by atoms with Crippen LogP contribution in [0.15, 0.2) is 41.5 Å². The van der Waals surface area contributed by atoms with Gasteiger partial charge in [-0.15, -0.1) is 0 Å². The maximum absolute atomic E-state index is 12.3. The topological polar surface area (TPSA) is 69.7 Å². The second kappa shape index (κ2) is 8.42. The minimum absolute atomic E-state index is 0.117. The van der Waals surface area contributed by atoms with Crippen LogP contribution >= 0.6 is 0 Å². The van der Waals surface area contributed by atoms with Crippen molar-refractivity contribution in [2.45, 2.75) is 39.7 Å². The molecule has 0 spiro atoms. The van der Waals surface area contributed by atoms with Gasteiger partial charge in [-0.05, 0) is 45.8 Å². The van der Waals surface area contributed by atoms with Crippen LogP contribution < -0.4 is 4.74 Å². The van der Waals surface area contributed by atoms with Crippen molar-refractivity contribution in [3.8, 4) is 5.75 Å². The zero-order valence-electron chi connectivity index (χ0n) is 14.7. The quantitative estimate of drug-likeness (QED) is 0.409.